The second-order valence-electron chi connectivity index (χ2n) is 8.71. The van der Waals surface area contributed by atoms with Crippen LogP contribution < -0.4 is 10.1 Å². The highest BCUT2D eigenvalue weighted by Crippen LogP contribution is 2.37. The number of benzene rings is 1. The van der Waals surface area contributed by atoms with Gasteiger partial charge >= 0.3 is 5.97 Å². The Morgan fingerprint density at radius 3 is 2.61 bits per heavy atom. The molecule has 1 fully saturated rings. The molecule has 0 amide bonds. The summed E-state index contributed by atoms with van der Waals surface area (Å²) in [5.74, 6) is -4.13. The molecule has 1 aromatic rings. The Bertz CT molecular complexity index is 981. The van der Waals surface area contributed by atoms with Gasteiger partial charge in [0, 0.05) is 24.1 Å². The molecule has 180 valence electrons. The summed E-state index contributed by atoms with van der Waals surface area (Å²) in [5.41, 5.74) is -0.968. The molecular weight excluding hydrogens is 439 g/mol. The van der Waals surface area contributed by atoms with Gasteiger partial charge in [0.1, 0.15) is 11.3 Å². The summed E-state index contributed by atoms with van der Waals surface area (Å²) in [6, 6.07) is 2.19. The number of rotatable bonds is 8. The van der Waals surface area contributed by atoms with Crippen LogP contribution in [0.2, 0.25) is 0 Å². The zero-order valence-corrected chi connectivity index (χ0v) is 18.8. The topological polar surface area (TPSA) is 84.9 Å². The zero-order chi connectivity index (χ0) is 24.3. The number of alkyl halides is 2. The number of fused-ring (bicyclic) bond motifs is 1. The largest absolute Gasteiger partial charge is 0.493 e. The molecule has 2 aliphatic rings. The summed E-state index contributed by atoms with van der Waals surface area (Å²) in [6.07, 6.45) is -1.11. The molecule has 1 heterocycles. The van der Waals surface area contributed by atoms with E-state index in [0.29, 0.717) is 18.8 Å². The van der Waals surface area contributed by atoms with E-state index in [1.54, 1.807) is 6.92 Å². The summed E-state index contributed by atoms with van der Waals surface area (Å²) >= 11 is 0. The van der Waals surface area contributed by atoms with Crippen molar-refractivity contribution in [2.75, 3.05) is 19.8 Å². The molecule has 2 unspecified atom stereocenters. The molecule has 0 spiro atoms. The number of ether oxygens (including phenoxy) is 2. The number of nitrogens with one attached hydrogen (secondary N) is 1. The summed E-state index contributed by atoms with van der Waals surface area (Å²) in [6.45, 7) is 6.77. The Morgan fingerprint density at radius 1 is 1.30 bits per heavy atom. The van der Waals surface area contributed by atoms with Gasteiger partial charge in [-0.05, 0) is 43.4 Å². The van der Waals surface area contributed by atoms with Gasteiger partial charge in [0.25, 0.3) is 6.43 Å². The van der Waals surface area contributed by atoms with Gasteiger partial charge in [-0.25, -0.2) is 18.0 Å². The second kappa shape index (κ2) is 10.4. The van der Waals surface area contributed by atoms with E-state index in [-0.39, 0.29) is 47.9 Å². The van der Waals surface area contributed by atoms with Crippen LogP contribution in [-0.4, -0.2) is 42.7 Å². The Morgan fingerprint density at radius 2 is 2.03 bits per heavy atom. The normalized spacial score (nSPS) is 23.6. The summed E-state index contributed by atoms with van der Waals surface area (Å²) in [4.78, 5) is 24.1. The third-order valence-electron chi connectivity index (χ3n) is 6.03. The van der Waals surface area contributed by atoms with Crippen molar-refractivity contribution in [1.29, 1.82) is 0 Å². The van der Waals surface area contributed by atoms with Crippen LogP contribution in [-0.2, 0) is 20.7 Å². The molecule has 0 radical (unpaired) electrons. The quantitative estimate of drug-likeness (QED) is 0.550. The van der Waals surface area contributed by atoms with Crippen molar-refractivity contribution in [2.24, 2.45) is 11.8 Å². The van der Waals surface area contributed by atoms with Crippen LogP contribution in [0.1, 0.15) is 50.3 Å². The number of carboxylic acid groups (broad SMARTS) is 1. The second-order valence-corrected chi connectivity index (χ2v) is 8.71. The Kier molecular flexibility index (Phi) is 7.84. The molecule has 0 saturated carbocycles. The molecule has 0 bridgehead atoms. The molecule has 1 aliphatic carbocycles. The third kappa shape index (κ3) is 5.58. The molecule has 2 N–H and O–H groups in total. The van der Waals surface area contributed by atoms with E-state index in [1.807, 2.05) is 13.8 Å². The zero-order valence-electron chi connectivity index (χ0n) is 18.8. The fraction of sp³-hybridized carbons (Fsp3) is 0.500. The van der Waals surface area contributed by atoms with Crippen molar-refractivity contribution in [3.63, 3.8) is 0 Å². The molecule has 2 atom stereocenters. The van der Waals surface area contributed by atoms with E-state index >= 15 is 4.39 Å². The van der Waals surface area contributed by atoms with E-state index in [1.165, 1.54) is 6.07 Å². The minimum absolute atomic E-state index is 0.0228. The number of carbonyl (C=O) groups excluding carboxylic acids is 1. The van der Waals surface area contributed by atoms with Crippen LogP contribution in [0.4, 0.5) is 13.2 Å². The van der Waals surface area contributed by atoms with Crippen LogP contribution in [0.3, 0.4) is 0 Å². The lowest BCUT2D eigenvalue weighted by atomic mass is 9.91. The van der Waals surface area contributed by atoms with Crippen molar-refractivity contribution < 1.29 is 37.3 Å². The molecule has 3 rings (SSSR count). The standard InChI is InChI=1S/C24H28F3NO5/c1-12(2)13(3)28-21-17-9-18(23(26)27)19(33-11-14-6-7-32-10-14)8-15(17)4-5-16(24(30)31)22(29)20(21)25/h5,8-9,12-14,23,28H,4,6-7,10-11H2,1-3H3,(H,30,31)/b16-5+,21-20+. The van der Waals surface area contributed by atoms with Crippen molar-refractivity contribution in [1.82, 2.24) is 5.32 Å². The number of hydrogen-bond acceptors (Lipinski definition) is 5. The highest BCUT2D eigenvalue weighted by Gasteiger charge is 2.31. The summed E-state index contributed by atoms with van der Waals surface area (Å²) in [7, 11) is 0. The van der Waals surface area contributed by atoms with E-state index < -0.39 is 35.1 Å². The predicted octanol–water partition coefficient (Wildman–Crippen LogP) is 4.45. The maximum Gasteiger partial charge on any atom is 0.339 e. The maximum atomic E-state index is 15.3. The van der Waals surface area contributed by atoms with Gasteiger partial charge in [-0.15, -0.1) is 0 Å². The highest BCUT2D eigenvalue weighted by molar-refractivity contribution is 6.24. The Labute approximate surface area is 190 Å². The lowest BCUT2D eigenvalue weighted by Crippen LogP contribution is -2.32. The first kappa shape index (κ1) is 24.8. The molecular formula is C24H28F3NO5. The number of aliphatic carboxylic acids is 1. The molecule has 0 aromatic heterocycles. The van der Waals surface area contributed by atoms with Crippen molar-refractivity contribution in [3.8, 4) is 5.75 Å². The van der Waals surface area contributed by atoms with E-state index in [0.717, 1.165) is 18.6 Å². The fourth-order valence-electron chi connectivity index (χ4n) is 3.63. The van der Waals surface area contributed by atoms with Gasteiger partial charge < -0.3 is 19.9 Å². The van der Waals surface area contributed by atoms with Gasteiger partial charge in [0.05, 0.1) is 24.5 Å². The first-order valence-electron chi connectivity index (χ1n) is 10.9. The average molecular weight is 467 g/mol. The van der Waals surface area contributed by atoms with Crippen LogP contribution in [0.15, 0.2) is 29.6 Å². The third-order valence-corrected chi connectivity index (χ3v) is 6.03. The first-order valence-corrected chi connectivity index (χ1v) is 10.9. The van der Waals surface area contributed by atoms with E-state index in [4.69, 9.17) is 9.47 Å². The van der Waals surface area contributed by atoms with Crippen LogP contribution in [0.25, 0.3) is 5.70 Å². The summed E-state index contributed by atoms with van der Waals surface area (Å²) < 4.78 is 54.2. The minimum Gasteiger partial charge on any atom is -0.493 e. The number of Topliss-reactive ketones (excluding diaryl/α,β-unsaturated/α-hetero) is 1. The van der Waals surface area contributed by atoms with Gasteiger partial charge in [0.2, 0.25) is 5.78 Å². The van der Waals surface area contributed by atoms with Gasteiger partial charge in [0.15, 0.2) is 5.83 Å². The van der Waals surface area contributed by atoms with E-state index in [9.17, 15) is 23.5 Å². The number of allylic oxidation sites excluding steroid dienone is 2. The molecule has 1 aliphatic heterocycles. The van der Waals surface area contributed by atoms with E-state index in [2.05, 4.69) is 5.32 Å². The van der Waals surface area contributed by atoms with Crippen molar-refractivity contribution in [3.05, 3.63) is 46.3 Å². The monoisotopic (exact) mass is 467 g/mol. The molecule has 1 saturated heterocycles. The Hall–Kier alpha value is -2.81. The lowest BCUT2D eigenvalue weighted by molar-refractivity contribution is -0.134. The smallest absolute Gasteiger partial charge is 0.339 e. The number of carboxylic acids is 1. The predicted molar refractivity (Wildman–Crippen MR) is 116 cm³/mol. The number of carbonyl (C=O) groups is 2. The first-order chi connectivity index (χ1) is 15.6. The molecule has 6 nitrogen and oxygen atoms in total. The van der Waals surface area contributed by atoms with Gasteiger partial charge in [-0.2, -0.15) is 0 Å². The lowest BCUT2D eigenvalue weighted by Gasteiger charge is -2.25. The minimum atomic E-state index is -2.90. The number of ketones is 1. The number of hydrogen-bond donors (Lipinski definition) is 2. The van der Waals surface area contributed by atoms with Crippen LogP contribution in [0, 0.1) is 11.8 Å². The van der Waals surface area contributed by atoms with Crippen LogP contribution >= 0.6 is 0 Å². The van der Waals surface area contributed by atoms with Gasteiger partial charge in [-0.1, -0.05) is 19.9 Å². The average Bonchev–Trinajstić information content (AvgIpc) is 3.28. The highest BCUT2D eigenvalue weighted by atomic mass is 19.3. The maximum absolute atomic E-state index is 15.3. The van der Waals surface area contributed by atoms with Crippen LogP contribution in [0.5, 0.6) is 5.75 Å². The summed E-state index contributed by atoms with van der Waals surface area (Å²) in [5, 5.41) is 12.3. The Balaban J connectivity index is 2.13. The fourth-order valence-corrected chi connectivity index (χ4v) is 3.63. The molecule has 1 aromatic carbocycles. The SMILES string of the molecule is CC(C)C(C)N/C1=C(/F)C(=O)/C(C(=O)O)=C\Cc2cc(OCC3CCOC3)c(C(F)F)cc21. The molecule has 9 heteroatoms. The number of halogens is 3. The molecule has 33 heavy (non-hydrogen) atoms. The van der Waals surface area contributed by atoms with Crippen molar-refractivity contribution in [2.45, 2.75) is 46.1 Å². The van der Waals surface area contributed by atoms with Gasteiger partial charge in [-0.3, -0.25) is 4.79 Å². The van der Waals surface area contributed by atoms with Crippen molar-refractivity contribution >= 4 is 17.4 Å².